The van der Waals surface area contributed by atoms with Crippen LogP contribution in [0.4, 0.5) is 0 Å². The van der Waals surface area contributed by atoms with Crippen LogP contribution in [0, 0.1) is 34.5 Å². The molecule has 0 spiro atoms. The van der Waals surface area contributed by atoms with Crippen LogP contribution in [0.1, 0.15) is 65.2 Å². The minimum absolute atomic E-state index is 0.0711. The molecule has 4 saturated carbocycles. The lowest BCUT2D eigenvalue weighted by Gasteiger charge is -2.61. The summed E-state index contributed by atoms with van der Waals surface area (Å²) >= 11 is 0. The molecule has 8 atom stereocenters. The Bertz CT molecular complexity index is 718. The maximum atomic E-state index is 13.7. The molecule has 6 aliphatic rings. The Morgan fingerprint density at radius 3 is 2.19 bits per heavy atom. The summed E-state index contributed by atoms with van der Waals surface area (Å²) in [7, 11) is 0. The second-order valence-corrected chi connectivity index (χ2v) is 12.5. The van der Waals surface area contributed by atoms with Crippen LogP contribution in [-0.4, -0.2) is 80.3 Å². The summed E-state index contributed by atoms with van der Waals surface area (Å²) in [6.45, 7) is 12.6. The van der Waals surface area contributed by atoms with Crippen molar-refractivity contribution in [2.45, 2.75) is 77.3 Å². The quantitative estimate of drug-likeness (QED) is 0.651. The highest BCUT2D eigenvalue weighted by molar-refractivity contribution is 5.92. The fourth-order valence-electron chi connectivity index (χ4n) is 9.50. The fraction of sp³-hybridized carbons (Fsp3) is 0.963. The zero-order chi connectivity index (χ0) is 21.9. The zero-order valence-electron chi connectivity index (χ0n) is 20.4. The van der Waals surface area contributed by atoms with Gasteiger partial charge in [0.2, 0.25) is 0 Å². The van der Waals surface area contributed by atoms with E-state index in [1.54, 1.807) is 0 Å². The number of ether oxygens (including phenoxy) is 2. The molecular weight excluding hydrogens is 400 g/mol. The molecule has 0 unspecified atom stereocenters. The van der Waals surface area contributed by atoms with Crippen molar-refractivity contribution in [1.29, 1.82) is 0 Å². The maximum Gasteiger partial charge on any atom is 0.156 e. The molecule has 180 valence electrons. The third-order valence-electron chi connectivity index (χ3n) is 11.4. The van der Waals surface area contributed by atoms with Gasteiger partial charge in [0.1, 0.15) is 0 Å². The summed E-state index contributed by atoms with van der Waals surface area (Å²) in [6, 6.07) is 0.941. The van der Waals surface area contributed by atoms with Crippen LogP contribution in [0.15, 0.2) is 0 Å². The standard InChI is InChI=1S/C27H44N2O3/c1-26-7-5-20(28-9-13-31-14-10-28)17-19(26)3-4-21-22(26)6-8-27(2)23(21)18-24(25(27)30)29-11-15-32-16-12-29/h19-24H,3-18H2,1-2H3/t19-,20-,21+,22-,23-,24-,26-,27-/m0/s1. The van der Waals surface area contributed by atoms with E-state index in [0.29, 0.717) is 17.1 Å². The summed E-state index contributed by atoms with van der Waals surface area (Å²) in [5.74, 6) is 3.66. The molecule has 32 heavy (non-hydrogen) atoms. The number of hydrogen-bond donors (Lipinski definition) is 0. The van der Waals surface area contributed by atoms with Crippen LogP contribution in [0.5, 0.6) is 0 Å². The van der Waals surface area contributed by atoms with Crippen LogP contribution in [0.2, 0.25) is 0 Å². The molecule has 0 amide bonds. The van der Waals surface area contributed by atoms with Crippen molar-refractivity contribution < 1.29 is 14.3 Å². The average Bonchev–Trinajstić information content (AvgIpc) is 3.10. The first-order chi connectivity index (χ1) is 15.5. The first-order valence-electron chi connectivity index (χ1n) is 13.7. The topological polar surface area (TPSA) is 42.0 Å². The maximum absolute atomic E-state index is 13.7. The highest BCUT2D eigenvalue weighted by Gasteiger charge is 2.63. The van der Waals surface area contributed by atoms with E-state index in [1.807, 2.05) is 0 Å². The lowest BCUT2D eigenvalue weighted by Crippen LogP contribution is -2.56. The molecule has 5 nitrogen and oxygen atoms in total. The number of carbonyl (C=O) groups is 1. The zero-order valence-corrected chi connectivity index (χ0v) is 20.4. The minimum atomic E-state index is -0.0711. The number of Topliss-reactive ketones (excluding diaryl/α,β-unsaturated/α-hetero) is 1. The Balaban J connectivity index is 1.19. The van der Waals surface area contributed by atoms with Gasteiger partial charge in [-0.25, -0.2) is 0 Å². The van der Waals surface area contributed by atoms with Gasteiger partial charge >= 0.3 is 0 Å². The van der Waals surface area contributed by atoms with E-state index in [-0.39, 0.29) is 11.5 Å². The van der Waals surface area contributed by atoms with Gasteiger partial charge in [0, 0.05) is 37.6 Å². The third kappa shape index (κ3) is 3.36. The van der Waals surface area contributed by atoms with Crippen molar-refractivity contribution in [2.24, 2.45) is 34.5 Å². The lowest BCUT2D eigenvalue weighted by molar-refractivity contribution is -0.143. The lowest BCUT2D eigenvalue weighted by atomic mass is 9.45. The Hall–Kier alpha value is -0.490. The van der Waals surface area contributed by atoms with Gasteiger partial charge in [0.15, 0.2) is 5.78 Å². The molecule has 6 fully saturated rings. The van der Waals surface area contributed by atoms with Gasteiger partial charge in [-0.1, -0.05) is 13.8 Å². The molecule has 0 aromatic rings. The molecule has 6 rings (SSSR count). The second kappa shape index (κ2) is 8.32. The second-order valence-electron chi connectivity index (χ2n) is 12.5. The van der Waals surface area contributed by atoms with Gasteiger partial charge in [-0.2, -0.15) is 0 Å². The van der Waals surface area contributed by atoms with E-state index >= 15 is 0 Å². The highest BCUT2D eigenvalue weighted by atomic mass is 16.5. The number of nitrogens with zero attached hydrogens (tertiary/aromatic N) is 2. The van der Waals surface area contributed by atoms with Gasteiger partial charge in [-0.05, 0) is 80.5 Å². The minimum Gasteiger partial charge on any atom is -0.379 e. The van der Waals surface area contributed by atoms with Crippen molar-refractivity contribution in [2.75, 3.05) is 52.6 Å². The molecular formula is C27H44N2O3. The van der Waals surface area contributed by atoms with E-state index in [0.717, 1.165) is 89.2 Å². The van der Waals surface area contributed by atoms with Crippen molar-refractivity contribution in [3.63, 3.8) is 0 Å². The number of ketones is 1. The molecule has 0 aromatic heterocycles. The Kier molecular flexibility index (Phi) is 5.72. The van der Waals surface area contributed by atoms with Crippen molar-refractivity contribution in [3.8, 4) is 0 Å². The van der Waals surface area contributed by atoms with Crippen LogP contribution in [-0.2, 0) is 14.3 Å². The summed E-state index contributed by atoms with van der Waals surface area (Å²) in [6.07, 6.45) is 10.5. The van der Waals surface area contributed by atoms with Crippen molar-refractivity contribution in [1.82, 2.24) is 9.80 Å². The van der Waals surface area contributed by atoms with E-state index in [4.69, 9.17) is 9.47 Å². The summed E-state index contributed by atoms with van der Waals surface area (Å²) in [5.41, 5.74) is 0.422. The highest BCUT2D eigenvalue weighted by Crippen LogP contribution is 2.66. The van der Waals surface area contributed by atoms with Gasteiger partial charge in [0.05, 0.1) is 32.5 Å². The Morgan fingerprint density at radius 2 is 1.47 bits per heavy atom. The van der Waals surface area contributed by atoms with Crippen LogP contribution >= 0.6 is 0 Å². The van der Waals surface area contributed by atoms with Gasteiger partial charge < -0.3 is 9.47 Å². The molecule has 5 heteroatoms. The van der Waals surface area contributed by atoms with Crippen molar-refractivity contribution in [3.05, 3.63) is 0 Å². The van der Waals surface area contributed by atoms with Gasteiger partial charge in [-0.3, -0.25) is 14.6 Å². The number of carbonyl (C=O) groups excluding carboxylic acids is 1. The monoisotopic (exact) mass is 444 g/mol. The molecule has 4 aliphatic carbocycles. The first-order valence-corrected chi connectivity index (χ1v) is 13.7. The van der Waals surface area contributed by atoms with E-state index < -0.39 is 0 Å². The van der Waals surface area contributed by atoms with Gasteiger partial charge in [-0.15, -0.1) is 0 Å². The number of rotatable bonds is 2. The van der Waals surface area contributed by atoms with Crippen LogP contribution in [0.25, 0.3) is 0 Å². The third-order valence-corrected chi connectivity index (χ3v) is 11.4. The van der Waals surface area contributed by atoms with Crippen LogP contribution in [0.3, 0.4) is 0 Å². The van der Waals surface area contributed by atoms with E-state index in [9.17, 15) is 4.79 Å². The predicted molar refractivity (Wildman–Crippen MR) is 124 cm³/mol. The molecule has 0 N–H and O–H groups in total. The smallest absolute Gasteiger partial charge is 0.156 e. The van der Waals surface area contributed by atoms with E-state index in [2.05, 4.69) is 23.6 Å². The molecule has 0 bridgehead atoms. The van der Waals surface area contributed by atoms with Crippen LogP contribution < -0.4 is 0 Å². The number of hydrogen-bond acceptors (Lipinski definition) is 5. The number of morpholine rings is 2. The normalized spacial score (nSPS) is 50.5. The molecule has 0 radical (unpaired) electrons. The average molecular weight is 445 g/mol. The predicted octanol–water partition coefficient (Wildman–Crippen LogP) is 3.61. The molecule has 0 aromatic carbocycles. The molecule has 2 heterocycles. The first kappa shape index (κ1) is 22.0. The summed E-state index contributed by atoms with van der Waals surface area (Å²) in [5, 5.41) is 0. The number of fused-ring (bicyclic) bond motifs is 5. The largest absolute Gasteiger partial charge is 0.379 e. The Morgan fingerprint density at radius 1 is 0.781 bits per heavy atom. The van der Waals surface area contributed by atoms with Gasteiger partial charge in [0.25, 0.3) is 0 Å². The van der Waals surface area contributed by atoms with E-state index in [1.165, 1.54) is 38.5 Å². The molecule has 2 aliphatic heterocycles. The molecule has 2 saturated heterocycles. The fourth-order valence-corrected chi connectivity index (χ4v) is 9.50. The summed E-state index contributed by atoms with van der Waals surface area (Å²) in [4.78, 5) is 18.9. The SMILES string of the molecule is C[C@]12CC[C@H](N3CCOCC3)C[C@@H]1CC[C@@H]1[C@@H]2CC[C@]2(C)C(=O)[C@@H](N3CCOCC3)C[C@@H]12. The summed E-state index contributed by atoms with van der Waals surface area (Å²) < 4.78 is 11.2. The Labute approximate surface area is 194 Å². The van der Waals surface area contributed by atoms with Crippen molar-refractivity contribution >= 4 is 5.78 Å².